The van der Waals surface area contributed by atoms with Crippen molar-refractivity contribution < 1.29 is 13.9 Å². The average Bonchev–Trinajstić information content (AvgIpc) is 3.18. The lowest BCUT2D eigenvalue weighted by Gasteiger charge is -2.48. The van der Waals surface area contributed by atoms with E-state index in [1.165, 1.54) is 12.4 Å². The van der Waals surface area contributed by atoms with Crippen LogP contribution in [0.25, 0.3) is 22.2 Å². The molecule has 1 aromatic carbocycles. The van der Waals surface area contributed by atoms with Crippen LogP contribution in [0.15, 0.2) is 37.2 Å². The zero-order valence-electron chi connectivity index (χ0n) is 20.8. The summed E-state index contributed by atoms with van der Waals surface area (Å²) in [5.41, 5.74) is 7.28. The molecule has 8 nitrogen and oxygen atoms in total. The number of halogens is 2. The number of fused-ring (bicyclic) bond motifs is 1. The largest absolute Gasteiger partial charge is 0.495 e. The van der Waals surface area contributed by atoms with Gasteiger partial charge in [0.15, 0.2) is 5.67 Å². The van der Waals surface area contributed by atoms with Gasteiger partial charge in [-0.1, -0.05) is 30.2 Å². The third-order valence-electron chi connectivity index (χ3n) is 7.22. The van der Waals surface area contributed by atoms with Gasteiger partial charge in [0, 0.05) is 44.8 Å². The van der Waals surface area contributed by atoms with Crippen molar-refractivity contribution in [3.05, 3.63) is 47.9 Å². The number of amides is 1. The van der Waals surface area contributed by atoms with Crippen molar-refractivity contribution >= 4 is 34.4 Å². The second-order valence-electron chi connectivity index (χ2n) is 9.47. The number of anilines is 1. The van der Waals surface area contributed by atoms with Gasteiger partial charge in [0.2, 0.25) is 5.91 Å². The standard InChI is InChI=1S/C27H28ClFN6O2/c1-4-22(36)34-11-8-18(9-12-34)35-14-27(29,15-35)10-7-20-23(17-5-6-19(28)21(13-17)37-3)24-25(30)31-16-32-26(24)33(20)2/h4-6,13,16,18H,1,8-9,11-12,14-15H2,2-3H3,(H2,30,31,32). The molecule has 2 saturated heterocycles. The van der Waals surface area contributed by atoms with Crippen LogP contribution in [-0.4, -0.2) is 75.2 Å². The van der Waals surface area contributed by atoms with Crippen LogP contribution in [0, 0.1) is 11.8 Å². The molecule has 5 rings (SSSR count). The Morgan fingerprint density at radius 1 is 1.32 bits per heavy atom. The van der Waals surface area contributed by atoms with Gasteiger partial charge in [0.25, 0.3) is 0 Å². The number of carbonyl (C=O) groups is 1. The summed E-state index contributed by atoms with van der Waals surface area (Å²) in [7, 11) is 3.37. The number of alkyl halides is 1. The lowest BCUT2D eigenvalue weighted by Crippen LogP contribution is -2.63. The number of hydrogen-bond donors (Lipinski definition) is 1. The molecule has 37 heavy (non-hydrogen) atoms. The molecule has 1 amide bonds. The molecule has 4 heterocycles. The first-order chi connectivity index (χ1) is 17.7. The number of piperidine rings is 1. The molecule has 10 heteroatoms. The fourth-order valence-corrected chi connectivity index (χ4v) is 5.40. The van der Waals surface area contributed by atoms with Crippen LogP contribution in [0.4, 0.5) is 10.2 Å². The molecular weight excluding hydrogens is 495 g/mol. The van der Waals surface area contributed by atoms with E-state index in [0.29, 0.717) is 52.0 Å². The molecule has 3 aromatic rings. The van der Waals surface area contributed by atoms with E-state index in [4.69, 9.17) is 22.1 Å². The number of hydrogen-bond acceptors (Lipinski definition) is 6. The van der Waals surface area contributed by atoms with Crippen molar-refractivity contribution in [2.24, 2.45) is 7.05 Å². The molecule has 0 aliphatic carbocycles. The van der Waals surface area contributed by atoms with Crippen LogP contribution in [0.5, 0.6) is 5.75 Å². The number of rotatable bonds is 4. The van der Waals surface area contributed by atoms with Gasteiger partial charge in [0.1, 0.15) is 29.2 Å². The fourth-order valence-electron chi connectivity index (χ4n) is 5.20. The maximum Gasteiger partial charge on any atom is 0.245 e. The molecule has 0 unspecified atom stereocenters. The number of carbonyl (C=O) groups excluding carboxylic acids is 1. The predicted octanol–water partition coefficient (Wildman–Crippen LogP) is 3.43. The van der Waals surface area contributed by atoms with Crippen molar-refractivity contribution in [2.45, 2.75) is 24.6 Å². The van der Waals surface area contributed by atoms with Crippen molar-refractivity contribution in [1.82, 2.24) is 24.3 Å². The van der Waals surface area contributed by atoms with Crippen molar-refractivity contribution in [3.8, 4) is 28.7 Å². The number of methoxy groups -OCH3 is 1. The molecule has 0 bridgehead atoms. The number of aromatic nitrogens is 3. The number of nitrogen functional groups attached to an aromatic ring is 1. The van der Waals surface area contributed by atoms with E-state index in [2.05, 4.69) is 33.3 Å². The molecule has 2 N–H and O–H groups in total. The smallest absolute Gasteiger partial charge is 0.245 e. The van der Waals surface area contributed by atoms with Crippen molar-refractivity contribution in [3.63, 3.8) is 0 Å². The van der Waals surface area contributed by atoms with E-state index >= 15 is 4.39 Å². The van der Waals surface area contributed by atoms with Gasteiger partial charge in [-0.25, -0.2) is 14.4 Å². The summed E-state index contributed by atoms with van der Waals surface area (Å²) in [6, 6.07) is 5.62. The normalized spacial score (nSPS) is 17.7. The highest BCUT2D eigenvalue weighted by molar-refractivity contribution is 6.32. The first-order valence-electron chi connectivity index (χ1n) is 12.0. The minimum Gasteiger partial charge on any atom is -0.495 e. The Morgan fingerprint density at radius 3 is 2.73 bits per heavy atom. The number of ether oxygens (including phenoxy) is 1. The summed E-state index contributed by atoms with van der Waals surface area (Å²) < 4.78 is 22.8. The molecule has 0 spiro atoms. The molecule has 2 aliphatic heterocycles. The average molecular weight is 523 g/mol. The highest BCUT2D eigenvalue weighted by Crippen LogP contribution is 2.39. The highest BCUT2D eigenvalue weighted by Gasteiger charge is 2.45. The van der Waals surface area contributed by atoms with E-state index in [1.807, 2.05) is 17.7 Å². The SMILES string of the molecule is C=CC(=O)N1CCC(N2CC(F)(C#Cc3c(-c4ccc(Cl)c(OC)c4)c4c(N)ncnc4n3C)C2)CC1. The second kappa shape index (κ2) is 9.69. The van der Waals surface area contributed by atoms with Gasteiger partial charge in [0.05, 0.1) is 17.5 Å². The summed E-state index contributed by atoms with van der Waals surface area (Å²) in [5.74, 6) is 6.74. The lowest BCUT2D eigenvalue weighted by atomic mass is 9.91. The first kappa shape index (κ1) is 25.1. The summed E-state index contributed by atoms with van der Waals surface area (Å²) in [6.45, 7) is 5.33. The molecule has 0 radical (unpaired) electrons. The van der Waals surface area contributed by atoms with Gasteiger partial charge in [-0.2, -0.15) is 0 Å². The van der Waals surface area contributed by atoms with Crippen LogP contribution >= 0.6 is 11.6 Å². The van der Waals surface area contributed by atoms with E-state index < -0.39 is 5.67 Å². The van der Waals surface area contributed by atoms with Crippen LogP contribution in [-0.2, 0) is 11.8 Å². The topological polar surface area (TPSA) is 89.5 Å². The molecule has 0 atom stereocenters. The monoisotopic (exact) mass is 522 g/mol. The van der Waals surface area contributed by atoms with Crippen molar-refractivity contribution in [1.29, 1.82) is 0 Å². The third-order valence-corrected chi connectivity index (χ3v) is 7.53. The Labute approximate surface area is 219 Å². The summed E-state index contributed by atoms with van der Waals surface area (Å²) >= 11 is 6.25. The first-order valence-corrected chi connectivity index (χ1v) is 12.4. The van der Waals surface area contributed by atoms with Crippen LogP contribution in [0.1, 0.15) is 18.5 Å². The second-order valence-corrected chi connectivity index (χ2v) is 9.88. The van der Waals surface area contributed by atoms with Crippen LogP contribution in [0.2, 0.25) is 5.02 Å². The predicted molar refractivity (Wildman–Crippen MR) is 142 cm³/mol. The number of benzene rings is 1. The number of nitrogens with two attached hydrogens (primary N) is 1. The quantitative estimate of drug-likeness (QED) is 0.417. The minimum absolute atomic E-state index is 0.0536. The number of likely N-dealkylation sites (tertiary alicyclic amines) is 2. The summed E-state index contributed by atoms with van der Waals surface area (Å²) in [6.07, 6.45) is 4.36. The molecule has 2 fully saturated rings. The van der Waals surface area contributed by atoms with E-state index in [1.54, 1.807) is 24.1 Å². The van der Waals surface area contributed by atoms with E-state index in [-0.39, 0.29) is 25.0 Å². The Morgan fingerprint density at radius 2 is 2.05 bits per heavy atom. The molecule has 2 aromatic heterocycles. The Kier molecular flexibility index (Phi) is 6.56. The van der Waals surface area contributed by atoms with Gasteiger partial charge in [-0.3, -0.25) is 9.69 Å². The number of nitrogens with zero attached hydrogens (tertiary/aromatic N) is 5. The Bertz CT molecular complexity index is 1440. The lowest BCUT2D eigenvalue weighted by molar-refractivity contribution is -0.128. The van der Waals surface area contributed by atoms with E-state index in [0.717, 1.165) is 18.4 Å². The van der Waals surface area contributed by atoms with Gasteiger partial charge < -0.3 is 19.9 Å². The van der Waals surface area contributed by atoms with Gasteiger partial charge >= 0.3 is 0 Å². The number of aryl methyl sites for hydroxylation is 1. The van der Waals surface area contributed by atoms with Crippen LogP contribution < -0.4 is 10.5 Å². The minimum atomic E-state index is -1.63. The molecule has 2 aliphatic rings. The zero-order valence-corrected chi connectivity index (χ0v) is 21.6. The van der Waals surface area contributed by atoms with Crippen LogP contribution in [0.3, 0.4) is 0 Å². The summed E-state index contributed by atoms with van der Waals surface area (Å²) in [4.78, 5) is 24.3. The Hall–Kier alpha value is -3.61. The maximum atomic E-state index is 15.6. The fraction of sp³-hybridized carbons (Fsp3) is 0.370. The zero-order chi connectivity index (χ0) is 26.3. The molecule has 192 valence electrons. The van der Waals surface area contributed by atoms with Gasteiger partial charge in [-0.05, 0) is 42.5 Å². The van der Waals surface area contributed by atoms with Crippen molar-refractivity contribution in [2.75, 3.05) is 39.0 Å². The summed E-state index contributed by atoms with van der Waals surface area (Å²) in [5, 5.41) is 1.11. The third kappa shape index (κ3) is 4.52. The van der Waals surface area contributed by atoms with Gasteiger partial charge in [-0.15, -0.1) is 0 Å². The maximum absolute atomic E-state index is 15.6. The van der Waals surface area contributed by atoms with E-state index in [9.17, 15) is 4.79 Å². The highest BCUT2D eigenvalue weighted by atomic mass is 35.5. The molecular formula is C27H28ClFN6O2. The molecule has 0 saturated carbocycles. The Balaban J connectivity index is 1.43.